The van der Waals surface area contributed by atoms with E-state index in [1.807, 2.05) is 0 Å². The first-order valence-electron chi connectivity index (χ1n) is 15.2. The van der Waals surface area contributed by atoms with Gasteiger partial charge < -0.3 is 13.9 Å². The predicted octanol–water partition coefficient (Wildman–Crippen LogP) is 9.14. The molecule has 1 unspecified atom stereocenters. The Bertz CT molecular complexity index is 2010. The number of rotatable bonds is 5. The molecule has 7 aromatic rings. The van der Waals surface area contributed by atoms with Gasteiger partial charge in [-0.15, -0.1) is 0 Å². The number of para-hydroxylation sites is 4. The Kier molecular flexibility index (Phi) is 5.39. The second kappa shape index (κ2) is 9.47. The van der Waals surface area contributed by atoms with Gasteiger partial charge in [-0.05, 0) is 72.7 Å². The second-order valence-corrected chi connectivity index (χ2v) is 12.1. The molecule has 0 spiro atoms. The zero-order valence-corrected chi connectivity index (χ0v) is 23.7. The maximum Gasteiger partial charge on any atom is 0.309 e. The van der Waals surface area contributed by atoms with Crippen LogP contribution < -0.4 is 0 Å². The summed E-state index contributed by atoms with van der Waals surface area (Å²) in [6.07, 6.45) is 6.47. The van der Waals surface area contributed by atoms with Crippen LogP contribution in [-0.2, 0) is 16.1 Å². The van der Waals surface area contributed by atoms with E-state index in [0.29, 0.717) is 11.8 Å². The van der Waals surface area contributed by atoms with Gasteiger partial charge in [0.1, 0.15) is 6.61 Å². The first-order chi connectivity index (χ1) is 21.2. The lowest BCUT2D eigenvalue weighted by molar-refractivity contribution is -0.150. The van der Waals surface area contributed by atoms with Gasteiger partial charge in [0.25, 0.3) is 0 Å². The fraction of sp³-hybridized carbons (Fsp3) is 0.154. The monoisotopic (exact) mass is 558 g/mol. The van der Waals surface area contributed by atoms with E-state index >= 15 is 0 Å². The quantitative estimate of drug-likeness (QED) is 0.156. The van der Waals surface area contributed by atoms with Crippen molar-refractivity contribution in [3.63, 3.8) is 0 Å². The van der Waals surface area contributed by atoms with Crippen molar-refractivity contribution < 1.29 is 9.53 Å². The van der Waals surface area contributed by atoms with Crippen molar-refractivity contribution >= 4 is 49.6 Å². The lowest BCUT2D eigenvalue weighted by atomic mass is 9.94. The highest BCUT2D eigenvalue weighted by Gasteiger charge is 2.40. The average molecular weight is 559 g/mol. The summed E-state index contributed by atoms with van der Waals surface area (Å²) >= 11 is 0. The van der Waals surface area contributed by atoms with Crippen molar-refractivity contribution in [1.29, 1.82) is 0 Å². The zero-order chi connectivity index (χ0) is 28.5. The molecule has 2 bridgehead atoms. The number of fused-ring (bicyclic) bond motifs is 8. The van der Waals surface area contributed by atoms with Gasteiger partial charge in [-0.2, -0.15) is 0 Å². The van der Waals surface area contributed by atoms with Gasteiger partial charge in [-0.25, -0.2) is 0 Å². The SMILES string of the molecule is O=C(OCc1cc(-n2c3ccccc3c3ccccc32)cc(-n2c3ccccc3c3ccccc32)c1)C1C[C@H]2C=C[C@@H]1C2. The highest BCUT2D eigenvalue weighted by Crippen LogP contribution is 2.44. The summed E-state index contributed by atoms with van der Waals surface area (Å²) in [7, 11) is 0. The zero-order valence-electron chi connectivity index (χ0n) is 23.7. The number of carbonyl (C=O) groups is 1. The number of esters is 1. The van der Waals surface area contributed by atoms with Crippen LogP contribution in [0.15, 0.2) is 127 Å². The van der Waals surface area contributed by atoms with Crippen LogP contribution in [0.4, 0.5) is 0 Å². The summed E-state index contributed by atoms with van der Waals surface area (Å²) < 4.78 is 10.8. The maximum absolute atomic E-state index is 13.3. The first-order valence-corrected chi connectivity index (χ1v) is 15.2. The van der Waals surface area contributed by atoms with Crippen molar-refractivity contribution in [2.45, 2.75) is 19.4 Å². The Hall–Kier alpha value is -5.09. The van der Waals surface area contributed by atoms with Gasteiger partial charge in [0, 0.05) is 32.9 Å². The lowest BCUT2D eigenvalue weighted by Gasteiger charge is -2.18. The van der Waals surface area contributed by atoms with Crippen molar-refractivity contribution in [1.82, 2.24) is 9.13 Å². The normalized spacial score (nSPS) is 19.3. The minimum absolute atomic E-state index is 0.0210. The first kappa shape index (κ1) is 24.5. The minimum Gasteiger partial charge on any atom is -0.461 e. The van der Waals surface area contributed by atoms with E-state index in [-0.39, 0.29) is 18.5 Å². The third-order valence-electron chi connectivity index (χ3n) is 9.60. The number of benzene rings is 5. The van der Waals surface area contributed by atoms with Crippen LogP contribution in [0.25, 0.3) is 55.0 Å². The van der Waals surface area contributed by atoms with E-state index in [1.165, 1.54) is 21.5 Å². The standard InChI is InChI=1S/C39H30N2O2/c42-39(34-22-25-17-18-27(34)19-25)43-24-26-20-28(40-35-13-5-1-9-30(35)31-10-2-6-14-36(31)40)23-29(21-26)41-37-15-7-3-11-32(37)33-12-4-8-16-38(33)41/h1-18,20-21,23,25,27,34H,19,22,24H2/t25-,27+,34?/m0/s1. The molecule has 4 nitrogen and oxygen atoms in total. The minimum atomic E-state index is -0.0717. The Balaban J connectivity index is 1.24. The van der Waals surface area contributed by atoms with Crippen LogP contribution in [0.1, 0.15) is 18.4 Å². The molecule has 0 aliphatic heterocycles. The molecule has 2 aliphatic carbocycles. The summed E-state index contributed by atoms with van der Waals surface area (Å²) in [4.78, 5) is 13.3. The molecule has 0 amide bonds. The maximum atomic E-state index is 13.3. The molecule has 2 aliphatic rings. The molecule has 2 heterocycles. The number of hydrogen-bond donors (Lipinski definition) is 0. The van der Waals surface area contributed by atoms with E-state index in [2.05, 4.69) is 137 Å². The number of aromatic nitrogens is 2. The van der Waals surface area contributed by atoms with Crippen molar-refractivity contribution in [2.24, 2.45) is 17.8 Å². The van der Waals surface area contributed by atoms with E-state index in [9.17, 15) is 4.79 Å². The molecule has 4 heteroatoms. The van der Waals surface area contributed by atoms with Crippen LogP contribution in [0, 0.1) is 17.8 Å². The molecule has 5 aromatic carbocycles. The Morgan fingerprint density at radius 1 is 0.605 bits per heavy atom. The van der Waals surface area contributed by atoms with Crippen LogP contribution in [0.5, 0.6) is 0 Å². The molecule has 0 N–H and O–H groups in total. The van der Waals surface area contributed by atoms with E-state index in [4.69, 9.17) is 4.74 Å². The Morgan fingerprint density at radius 3 is 1.49 bits per heavy atom. The van der Waals surface area contributed by atoms with E-state index in [0.717, 1.165) is 51.8 Å². The molecule has 2 aromatic heterocycles. The summed E-state index contributed by atoms with van der Waals surface area (Å²) in [5.74, 6) is 0.766. The van der Waals surface area contributed by atoms with Crippen LogP contribution in [0.3, 0.4) is 0 Å². The molecule has 9 rings (SSSR count). The summed E-state index contributed by atoms with van der Waals surface area (Å²) in [5.41, 5.74) is 7.68. The third-order valence-corrected chi connectivity index (χ3v) is 9.60. The number of carbonyl (C=O) groups excluding carboxylic acids is 1. The summed E-state index contributed by atoms with van der Waals surface area (Å²) in [6.45, 7) is 0.242. The summed E-state index contributed by atoms with van der Waals surface area (Å²) in [6, 6.07) is 40.9. The number of ether oxygens (including phenoxy) is 1. The van der Waals surface area contributed by atoms with Gasteiger partial charge in [0.05, 0.1) is 28.0 Å². The number of hydrogen-bond acceptors (Lipinski definition) is 2. The van der Waals surface area contributed by atoms with E-state index in [1.54, 1.807) is 0 Å². The second-order valence-electron chi connectivity index (χ2n) is 12.1. The topological polar surface area (TPSA) is 36.2 Å². The predicted molar refractivity (Wildman–Crippen MR) is 174 cm³/mol. The molecule has 43 heavy (non-hydrogen) atoms. The molecule has 0 radical (unpaired) electrons. The van der Waals surface area contributed by atoms with Crippen molar-refractivity contribution in [2.75, 3.05) is 0 Å². The van der Waals surface area contributed by atoms with Gasteiger partial charge >= 0.3 is 5.97 Å². The highest BCUT2D eigenvalue weighted by atomic mass is 16.5. The molecule has 1 fully saturated rings. The molecular weight excluding hydrogens is 528 g/mol. The Labute approximate surface area is 249 Å². The fourth-order valence-electron chi connectivity index (χ4n) is 7.71. The van der Waals surface area contributed by atoms with Gasteiger partial charge in [-0.3, -0.25) is 4.79 Å². The molecular formula is C39H30N2O2. The summed E-state index contributed by atoms with van der Waals surface area (Å²) in [5, 5.41) is 4.88. The van der Waals surface area contributed by atoms with Gasteiger partial charge in [0.15, 0.2) is 0 Å². The van der Waals surface area contributed by atoms with Crippen LogP contribution in [-0.4, -0.2) is 15.1 Å². The number of allylic oxidation sites excluding steroid dienone is 2. The van der Waals surface area contributed by atoms with Crippen molar-refractivity contribution in [3.05, 3.63) is 133 Å². The number of nitrogens with zero attached hydrogens (tertiary/aromatic N) is 2. The average Bonchev–Trinajstić information content (AvgIpc) is 3.84. The third kappa shape index (κ3) is 3.79. The molecule has 208 valence electrons. The van der Waals surface area contributed by atoms with E-state index < -0.39 is 0 Å². The van der Waals surface area contributed by atoms with Gasteiger partial charge in [-0.1, -0.05) is 84.9 Å². The van der Waals surface area contributed by atoms with Crippen molar-refractivity contribution in [3.8, 4) is 11.4 Å². The Morgan fingerprint density at radius 2 is 1.07 bits per heavy atom. The van der Waals surface area contributed by atoms with Gasteiger partial charge in [0.2, 0.25) is 0 Å². The smallest absolute Gasteiger partial charge is 0.309 e. The largest absolute Gasteiger partial charge is 0.461 e. The highest BCUT2D eigenvalue weighted by molar-refractivity contribution is 6.10. The fourth-order valence-corrected chi connectivity index (χ4v) is 7.71. The van der Waals surface area contributed by atoms with Crippen LogP contribution in [0.2, 0.25) is 0 Å². The molecule has 0 saturated heterocycles. The van der Waals surface area contributed by atoms with Crippen LogP contribution >= 0.6 is 0 Å². The lowest BCUT2D eigenvalue weighted by Crippen LogP contribution is -2.21. The molecule has 3 atom stereocenters. The molecule has 1 saturated carbocycles.